The van der Waals surface area contributed by atoms with Crippen molar-refractivity contribution in [3.63, 3.8) is 0 Å². The second-order valence-corrected chi connectivity index (χ2v) is 6.10. The van der Waals surface area contributed by atoms with E-state index in [4.69, 9.17) is 16.3 Å². The summed E-state index contributed by atoms with van der Waals surface area (Å²) in [6, 6.07) is 8.54. The molecule has 1 unspecified atom stereocenters. The Labute approximate surface area is 128 Å². The van der Waals surface area contributed by atoms with Gasteiger partial charge in [-0.15, -0.1) is 11.6 Å². The molecule has 1 aromatic carbocycles. The number of nitrogens with zero attached hydrogens (tertiary/aromatic N) is 2. The summed E-state index contributed by atoms with van der Waals surface area (Å²) in [7, 11) is 2.00. The fourth-order valence-corrected chi connectivity index (χ4v) is 3.71. The molecule has 0 amide bonds. The van der Waals surface area contributed by atoms with Crippen LogP contribution in [0.5, 0.6) is 0 Å². The maximum Gasteiger partial charge on any atom is 0.168 e. The summed E-state index contributed by atoms with van der Waals surface area (Å²) < 4.78 is 7.96. The highest BCUT2D eigenvalue weighted by Crippen LogP contribution is 2.32. The van der Waals surface area contributed by atoms with Crippen molar-refractivity contribution in [1.29, 1.82) is 0 Å². The van der Waals surface area contributed by atoms with Crippen LogP contribution < -0.4 is 0 Å². The number of alkyl halides is 1. The molecule has 0 aliphatic carbocycles. The fourth-order valence-electron chi connectivity index (χ4n) is 2.45. The number of benzene rings is 1. The van der Waals surface area contributed by atoms with Gasteiger partial charge in [0.1, 0.15) is 0 Å². The second-order valence-electron chi connectivity index (χ2n) is 4.84. The third-order valence-electron chi connectivity index (χ3n) is 3.63. The van der Waals surface area contributed by atoms with Gasteiger partial charge in [-0.2, -0.15) is 0 Å². The minimum Gasteiger partial charge on any atom is -0.372 e. The van der Waals surface area contributed by atoms with Crippen molar-refractivity contribution >= 4 is 23.4 Å². The number of ether oxygens (including phenoxy) is 1. The van der Waals surface area contributed by atoms with Crippen LogP contribution in [0.1, 0.15) is 22.9 Å². The van der Waals surface area contributed by atoms with E-state index in [2.05, 4.69) is 29.2 Å². The van der Waals surface area contributed by atoms with Gasteiger partial charge >= 0.3 is 0 Å². The quantitative estimate of drug-likeness (QED) is 0.638. The molecule has 0 spiro atoms. The van der Waals surface area contributed by atoms with Gasteiger partial charge in [-0.05, 0) is 17.5 Å². The van der Waals surface area contributed by atoms with Crippen LogP contribution in [0.4, 0.5) is 0 Å². The van der Waals surface area contributed by atoms with E-state index in [1.165, 1.54) is 11.1 Å². The zero-order valence-corrected chi connectivity index (χ0v) is 13.0. The van der Waals surface area contributed by atoms with Gasteiger partial charge in [-0.25, -0.2) is 4.98 Å². The van der Waals surface area contributed by atoms with Gasteiger partial charge in [-0.3, -0.25) is 0 Å². The van der Waals surface area contributed by atoms with Crippen molar-refractivity contribution in [3.05, 3.63) is 47.3 Å². The Kier molecular flexibility index (Phi) is 4.34. The van der Waals surface area contributed by atoms with Gasteiger partial charge < -0.3 is 9.30 Å². The van der Waals surface area contributed by atoms with Crippen molar-refractivity contribution in [2.75, 3.05) is 12.4 Å². The van der Waals surface area contributed by atoms with E-state index >= 15 is 0 Å². The first kappa shape index (κ1) is 14.0. The Morgan fingerprint density at radius 1 is 1.45 bits per heavy atom. The molecule has 3 nitrogen and oxygen atoms in total. The molecule has 0 bridgehead atoms. The smallest absolute Gasteiger partial charge is 0.168 e. The Hall–Kier alpha value is -0.970. The fraction of sp³-hybridized carbons (Fsp3) is 0.400. The van der Waals surface area contributed by atoms with E-state index < -0.39 is 0 Å². The van der Waals surface area contributed by atoms with E-state index in [-0.39, 0.29) is 6.10 Å². The van der Waals surface area contributed by atoms with Crippen LogP contribution >= 0.6 is 23.4 Å². The van der Waals surface area contributed by atoms with Crippen LogP contribution in [0.25, 0.3) is 0 Å². The zero-order valence-electron chi connectivity index (χ0n) is 11.4. The highest BCUT2D eigenvalue weighted by atomic mass is 35.5. The molecule has 0 saturated heterocycles. The minimum atomic E-state index is 0.154. The Morgan fingerprint density at radius 3 is 3.10 bits per heavy atom. The topological polar surface area (TPSA) is 27.1 Å². The number of aromatic nitrogens is 2. The third-order valence-corrected chi connectivity index (χ3v) is 5.02. The lowest BCUT2D eigenvalue weighted by Gasteiger charge is -2.25. The first-order valence-corrected chi connectivity index (χ1v) is 8.20. The molecule has 2 aromatic rings. The van der Waals surface area contributed by atoms with Gasteiger partial charge in [0.15, 0.2) is 5.16 Å². The molecular weight excluding hydrogens is 292 g/mol. The third kappa shape index (κ3) is 2.73. The number of rotatable bonds is 4. The number of hydrogen-bond acceptors (Lipinski definition) is 3. The van der Waals surface area contributed by atoms with Crippen LogP contribution in [-0.4, -0.2) is 21.9 Å². The highest BCUT2D eigenvalue weighted by Gasteiger charge is 2.21. The molecule has 1 atom stereocenters. The lowest BCUT2D eigenvalue weighted by molar-refractivity contribution is 0.0587. The molecule has 5 heteroatoms. The standard InChI is InChI=1S/C15H17ClN2OS/c1-18-12(8-16)9-17-15(18)20-10-14-13-5-3-2-4-11(13)6-7-19-14/h2-5,9,14H,6-8,10H2,1H3. The number of imidazole rings is 1. The van der Waals surface area contributed by atoms with Crippen molar-refractivity contribution in [3.8, 4) is 0 Å². The SMILES string of the molecule is Cn1c(CCl)cnc1SCC1OCCc2ccccc21. The van der Waals surface area contributed by atoms with Crippen LogP contribution in [0.3, 0.4) is 0 Å². The average Bonchev–Trinajstić information content (AvgIpc) is 2.85. The Balaban J connectivity index is 1.71. The van der Waals surface area contributed by atoms with Gasteiger partial charge in [0.25, 0.3) is 0 Å². The van der Waals surface area contributed by atoms with Gasteiger partial charge in [0.05, 0.1) is 30.5 Å². The van der Waals surface area contributed by atoms with Crippen LogP contribution in [0.15, 0.2) is 35.6 Å². The first-order valence-electron chi connectivity index (χ1n) is 6.68. The summed E-state index contributed by atoms with van der Waals surface area (Å²) >= 11 is 7.59. The molecule has 0 fully saturated rings. The molecule has 1 aromatic heterocycles. The number of thioether (sulfide) groups is 1. The van der Waals surface area contributed by atoms with E-state index in [1.807, 2.05) is 17.8 Å². The minimum absolute atomic E-state index is 0.154. The number of hydrogen-bond donors (Lipinski definition) is 0. The Bertz CT molecular complexity index is 599. The molecule has 1 aliphatic rings. The maximum absolute atomic E-state index is 5.92. The number of fused-ring (bicyclic) bond motifs is 1. The van der Waals surface area contributed by atoms with Crippen molar-refractivity contribution in [1.82, 2.24) is 9.55 Å². The molecule has 0 N–H and O–H groups in total. The highest BCUT2D eigenvalue weighted by molar-refractivity contribution is 7.99. The predicted molar refractivity (Wildman–Crippen MR) is 82.3 cm³/mol. The van der Waals surface area contributed by atoms with Gasteiger partial charge in [-0.1, -0.05) is 36.0 Å². The van der Waals surface area contributed by atoms with Crippen LogP contribution in [0.2, 0.25) is 0 Å². The van der Waals surface area contributed by atoms with E-state index in [0.29, 0.717) is 5.88 Å². The summed E-state index contributed by atoms with van der Waals surface area (Å²) in [5.41, 5.74) is 3.77. The summed E-state index contributed by atoms with van der Waals surface area (Å²) in [5, 5.41) is 0.993. The molecule has 106 valence electrons. The normalized spacial score (nSPS) is 18.0. The summed E-state index contributed by atoms with van der Waals surface area (Å²) in [6.45, 7) is 0.801. The molecule has 1 aliphatic heterocycles. The first-order chi connectivity index (χ1) is 9.79. The Morgan fingerprint density at radius 2 is 2.30 bits per heavy atom. The van der Waals surface area contributed by atoms with Gasteiger partial charge in [0, 0.05) is 12.8 Å². The lowest BCUT2D eigenvalue weighted by atomic mass is 9.99. The number of halogens is 1. The molecular formula is C15H17ClN2OS. The molecule has 0 radical (unpaired) electrons. The van der Waals surface area contributed by atoms with E-state index in [1.54, 1.807) is 11.8 Å². The summed E-state index contributed by atoms with van der Waals surface area (Å²) in [6.07, 6.45) is 3.00. The second kappa shape index (κ2) is 6.20. The average molecular weight is 309 g/mol. The summed E-state index contributed by atoms with van der Waals surface area (Å²) in [5.74, 6) is 1.37. The van der Waals surface area contributed by atoms with Gasteiger partial charge in [0.2, 0.25) is 0 Å². The molecule has 2 heterocycles. The van der Waals surface area contributed by atoms with Crippen LogP contribution in [-0.2, 0) is 24.1 Å². The van der Waals surface area contributed by atoms with E-state index in [0.717, 1.165) is 29.6 Å². The maximum atomic E-state index is 5.92. The van der Waals surface area contributed by atoms with Crippen molar-refractivity contribution < 1.29 is 4.74 Å². The molecule has 0 saturated carbocycles. The largest absolute Gasteiger partial charge is 0.372 e. The lowest BCUT2D eigenvalue weighted by Crippen LogP contribution is -2.18. The predicted octanol–water partition coefficient (Wildman–Crippen LogP) is 3.57. The van der Waals surface area contributed by atoms with E-state index in [9.17, 15) is 0 Å². The molecule has 20 heavy (non-hydrogen) atoms. The molecule has 3 rings (SSSR count). The zero-order chi connectivity index (χ0) is 13.9. The van der Waals surface area contributed by atoms with Crippen molar-refractivity contribution in [2.45, 2.75) is 23.6 Å². The van der Waals surface area contributed by atoms with Crippen LogP contribution in [0, 0.1) is 0 Å². The van der Waals surface area contributed by atoms with Crippen molar-refractivity contribution in [2.24, 2.45) is 7.05 Å². The summed E-state index contributed by atoms with van der Waals surface area (Å²) in [4.78, 5) is 4.41. The monoisotopic (exact) mass is 308 g/mol.